The first-order chi connectivity index (χ1) is 7.74. The van der Waals surface area contributed by atoms with Gasteiger partial charge in [0.2, 0.25) is 0 Å². The lowest BCUT2D eigenvalue weighted by Crippen LogP contribution is -2.08. The van der Waals surface area contributed by atoms with Crippen LogP contribution in [0.1, 0.15) is 5.56 Å². The Hall–Kier alpha value is -1.97. The van der Waals surface area contributed by atoms with E-state index in [0.29, 0.717) is 19.0 Å². The van der Waals surface area contributed by atoms with E-state index in [9.17, 15) is 0 Å². The van der Waals surface area contributed by atoms with E-state index in [2.05, 4.69) is 5.10 Å². The number of nitrogens with two attached hydrogens (primary N) is 1. The van der Waals surface area contributed by atoms with Crippen molar-refractivity contribution in [2.45, 2.75) is 13.5 Å². The number of aromatic nitrogens is 2. The van der Waals surface area contributed by atoms with Crippen molar-refractivity contribution in [1.82, 2.24) is 9.78 Å². The third-order valence-corrected chi connectivity index (χ3v) is 2.24. The molecule has 0 saturated heterocycles. The molecule has 0 saturated carbocycles. The fourth-order valence-electron chi connectivity index (χ4n) is 1.46. The summed E-state index contributed by atoms with van der Waals surface area (Å²) in [6.07, 6.45) is 1.84. The summed E-state index contributed by atoms with van der Waals surface area (Å²) in [5, 5.41) is 4.07. The van der Waals surface area contributed by atoms with Crippen molar-refractivity contribution in [3.05, 3.63) is 42.1 Å². The first-order valence-corrected chi connectivity index (χ1v) is 5.22. The highest BCUT2D eigenvalue weighted by atomic mass is 16.5. The zero-order valence-electron chi connectivity index (χ0n) is 9.26. The van der Waals surface area contributed by atoms with Crippen molar-refractivity contribution in [3.8, 4) is 5.75 Å². The summed E-state index contributed by atoms with van der Waals surface area (Å²) >= 11 is 0. The molecule has 0 aliphatic rings. The summed E-state index contributed by atoms with van der Waals surface area (Å²) in [4.78, 5) is 0. The summed E-state index contributed by atoms with van der Waals surface area (Å²) in [5.74, 6) is 1.43. The van der Waals surface area contributed by atoms with Gasteiger partial charge in [0.1, 0.15) is 18.2 Å². The average Bonchev–Trinajstić information content (AvgIpc) is 2.64. The van der Waals surface area contributed by atoms with E-state index in [4.69, 9.17) is 10.5 Å². The van der Waals surface area contributed by atoms with Gasteiger partial charge in [-0.2, -0.15) is 5.10 Å². The Balaban J connectivity index is 1.84. The zero-order chi connectivity index (χ0) is 11.4. The predicted molar refractivity (Wildman–Crippen MR) is 63.3 cm³/mol. The minimum Gasteiger partial charge on any atom is -0.492 e. The van der Waals surface area contributed by atoms with Gasteiger partial charge < -0.3 is 10.5 Å². The Morgan fingerprint density at radius 3 is 2.94 bits per heavy atom. The van der Waals surface area contributed by atoms with Crippen molar-refractivity contribution in [3.63, 3.8) is 0 Å². The molecule has 1 heterocycles. The van der Waals surface area contributed by atoms with Gasteiger partial charge in [-0.05, 0) is 30.7 Å². The Kier molecular flexibility index (Phi) is 3.10. The summed E-state index contributed by atoms with van der Waals surface area (Å²) in [5.41, 5.74) is 6.70. The van der Waals surface area contributed by atoms with Crippen LogP contribution in [0.4, 0.5) is 5.82 Å². The molecular formula is C12H15N3O. The van der Waals surface area contributed by atoms with Crippen molar-refractivity contribution in [2.24, 2.45) is 0 Å². The van der Waals surface area contributed by atoms with Crippen molar-refractivity contribution in [1.29, 1.82) is 0 Å². The molecule has 2 rings (SSSR count). The highest BCUT2D eigenvalue weighted by Crippen LogP contribution is 2.12. The van der Waals surface area contributed by atoms with E-state index in [0.717, 1.165) is 5.75 Å². The molecule has 0 spiro atoms. The number of anilines is 1. The highest BCUT2D eigenvalue weighted by Gasteiger charge is 1.96. The van der Waals surface area contributed by atoms with Gasteiger partial charge in [0.25, 0.3) is 0 Å². The van der Waals surface area contributed by atoms with Crippen LogP contribution >= 0.6 is 0 Å². The number of nitrogens with zero attached hydrogens (tertiary/aromatic N) is 2. The van der Waals surface area contributed by atoms with E-state index in [1.807, 2.05) is 37.4 Å². The van der Waals surface area contributed by atoms with Gasteiger partial charge in [-0.25, -0.2) is 0 Å². The maximum atomic E-state index is 5.60. The van der Waals surface area contributed by atoms with Gasteiger partial charge in [-0.3, -0.25) is 4.68 Å². The molecule has 2 N–H and O–H groups in total. The minimum absolute atomic E-state index is 0.538. The summed E-state index contributed by atoms with van der Waals surface area (Å²) in [6.45, 7) is 3.33. The summed E-state index contributed by atoms with van der Waals surface area (Å²) in [6, 6.07) is 9.76. The molecular weight excluding hydrogens is 202 g/mol. The molecule has 0 bridgehead atoms. The molecule has 0 radical (unpaired) electrons. The molecule has 0 atom stereocenters. The fourth-order valence-corrected chi connectivity index (χ4v) is 1.46. The molecule has 16 heavy (non-hydrogen) atoms. The van der Waals surface area contributed by atoms with Gasteiger partial charge in [0.05, 0.1) is 6.54 Å². The first-order valence-electron chi connectivity index (χ1n) is 5.22. The molecule has 0 aliphatic heterocycles. The third kappa shape index (κ3) is 2.76. The molecule has 84 valence electrons. The molecule has 2 aromatic rings. The Bertz CT molecular complexity index is 465. The van der Waals surface area contributed by atoms with Crippen LogP contribution in [0.3, 0.4) is 0 Å². The Morgan fingerprint density at radius 2 is 2.25 bits per heavy atom. The average molecular weight is 217 g/mol. The smallest absolute Gasteiger partial charge is 0.145 e. The van der Waals surface area contributed by atoms with E-state index in [1.165, 1.54) is 5.56 Å². The molecule has 0 fully saturated rings. The maximum absolute atomic E-state index is 5.60. The molecule has 1 aromatic carbocycles. The van der Waals surface area contributed by atoms with Gasteiger partial charge in [0.15, 0.2) is 0 Å². The molecule has 4 heteroatoms. The standard InChI is InChI=1S/C12H15N3O/c1-10-3-2-4-11(9-10)16-8-7-15-6-5-12(13)14-15/h2-6,9H,7-8H2,1H3,(H2,13,14). The number of rotatable bonds is 4. The van der Waals surface area contributed by atoms with E-state index in [-0.39, 0.29) is 0 Å². The SMILES string of the molecule is Cc1cccc(OCCn2ccc(N)n2)c1. The van der Waals surface area contributed by atoms with E-state index < -0.39 is 0 Å². The number of hydrogen-bond acceptors (Lipinski definition) is 3. The Labute approximate surface area is 94.6 Å². The quantitative estimate of drug-likeness (QED) is 0.850. The summed E-state index contributed by atoms with van der Waals surface area (Å²) < 4.78 is 7.37. The second-order valence-corrected chi connectivity index (χ2v) is 3.67. The predicted octanol–water partition coefficient (Wildman–Crippen LogP) is 1.85. The maximum Gasteiger partial charge on any atom is 0.145 e. The minimum atomic E-state index is 0.538. The lowest BCUT2D eigenvalue weighted by molar-refractivity contribution is 0.291. The molecule has 0 aliphatic carbocycles. The van der Waals surface area contributed by atoms with E-state index >= 15 is 0 Å². The van der Waals surface area contributed by atoms with Gasteiger partial charge in [0, 0.05) is 6.20 Å². The molecule has 0 unspecified atom stereocenters. The van der Waals surface area contributed by atoms with Crippen LogP contribution in [-0.4, -0.2) is 16.4 Å². The molecule has 4 nitrogen and oxygen atoms in total. The van der Waals surface area contributed by atoms with Crippen LogP contribution < -0.4 is 10.5 Å². The monoisotopic (exact) mass is 217 g/mol. The fraction of sp³-hybridized carbons (Fsp3) is 0.250. The Morgan fingerprint density at radius 1 is 1.38 bits per heavy atom. The normalized spacial score (nSPS) is 10.3. The highest BCUT2D eigenvalue weighted by molar-refractivity contribution is 5.27. The first kappa shape index (κ1) is 10.5. The van der Waals surface area contributed by atoms with Gasteiger partial charge in [-0.15, -0.1) is 0 Å². The van der Waals surface area contributed by atoms with Crippen LogP contribution in [0.5, 0.6) is 5.75 Å². The van der Waals surface area contributed by atoms with Gasteiger partial charge >= 0.3 is 0 Å². The van der Waals surface area contributed by atoms with Crippen molar-refractivity contribution in [2.75, 3.05) is 12.3 Å². The molecule has 0 amide bonds. The summed E-state index contributed by atoms with van der Waals surface area (Å²) in [7, 11) is 0. The number of ether oxygens (including phenoxy) is 1. The van der Waals surface area contributed by atoms with Crippen LogP contribution in [0.25, 0.3) is 0 Å². The number of aryl methyl sites for hydroxylation is 1. The third-order valence-electron chi connectivity index (χ3n) is 2.24. The van der Waals surface area contributed by atoms with Gasteiger partial charge in [-0.1, -0.05) is 12.1 Å². The molecule has 1 aromatic heterocycles. The topological polar surface area (TPSA) is 53.1 Å². The number of benzene rings is 1. The van der Waals surface area contributed by atoms with Crippen LogP contribution in [0.15, 0.2) is 36.5 Å². The van der Waals surface area contributed by atoms with Crippen molar-refractivity contribution < 1.29 is 4.74 Å². The van der Waals surface area contributed by atoms with Crippen LogP contribution in [0, 0.1) is 6.92 Å². The lowest BCUT2D eigenvalue weighted by Gasteiger charge is -2.06. The second-order valence-electron chi connectivity index (χ2n) is 3.67. The number of hydrogen-bond donors (Lipinski definition) is 1. The number of nitrogen functional groups attached to an aromatic ring is 1. The lowest BCUT2D eigenvalue weighted by atomic mass is 10.2. The van der Waals surface area contributed by atoms with Crippen LogP contribution in [0.2, 0.25) is 0 Å². The second kappa shape index (κ2) is 4.70. The van der Waals surface area contributed by atoms with Crippen LogP contribution in [-0.2, 0) is 6.54 Å². The zero-order valence-corrected chi connectivity index (χ0v) is 9.26. The van der Waals surface area contributed by atoms with E-state index in [1.54, 1.807) is 10.7 Å². The largest absolute Gasteiger partial charge is 0.492 e. The van der Waals surface area contributed by atoms with Crippen molar-refractivity contribution >= 4 is 5.82 Å².